The summed E-state index contributed by atoms with van der Waals surface area (Å²) in [6.07, 6.45) is 9.14. The smallest absolute Gasteiger partial charge is 0.126 e. The molecule has 0 spiro atoms. The summed E-state index contributed by atoms with van der Waals surface area (Å²) in [5.41, 5.74) is 3.71. The molecule has 1 aromatic heterocycles. The van der Waals surface area contributed by atoms with Gasteiger partial charge in [0.25, 0.3) is 0 Å². The topological polar surface area (TPSA) is 17.4 Å². The minimum Gasteiger partial charge on any atom is -0.496 e. The van der Waals surface area contributed by atoms with Crippen molar-refractivity contribution >= 4 is 10.9 Å². The van der Waals surface area contributed by atoms with E-state index < -0.39 is 0 Å². The molecule has 27 heavy (non-hydrogen) atoms. The molecule has 0 unspecified atom stereocenters. The van der Waals surface area contributed by atoms with Crippen molar-refractivity contribution in [1.82, 2.24) is 9.47 Å². The van der Waals surface area contributed by atoms with Gasteiger partial charge in [-0.25, -0.2) is 0 Å². The molecule has 0 N–H and O–H groups in total. The number of hydrogen-bond acceptors (Lipinski definition) is 2. The van der Waals surface area contributed by atoms with Gasteiger partial charge < -0.3 is 14.2 Å². The minimum atomic E-state index is 0.759. The fourth-order valence-electron chi connectivity index (χ4n) is 4.50. The molecule has 0 bridgehead atoms. The van der Waals surface area contributed by atoms with E-state index in [-0.39, 0.29) is 0 Å². The summed E-state index contributed by atoms with van der Waals surface area (Å²) in [6, 6.07) is 17.8. The molecule has 1 aliphatic rings. The van der Waals surface area contributed by atoms with Gasteiger partial charge in [0.2, 0.25) is 0 Å². The first-order valence-corrected chi connectivity index (χ1v) is 10.2. The van der Waals surface area contributed by atoms with E-state index in [1.54, 1.807) is 7.11 Å². The molecule has 2 aromatic carbocycles. The summed E-state index contributed by atoms with van der Waals surface area (Å²) in [5, 5.41) is 1.29. The van der Waals surface area contributed by atoms with Crippen molar-refractivity contribution in [2.45, 2.75) is 44.7 Å². The Hall–Kier alpha value is -2.26. The highest BCUT2D eigenvalue weighted by Gasteiger charge is 2.18. The van der Waals surface area contributed by atoms with Gasteiger partial charge in [0.1, 0.15) is 5.75 Å². The number of benzene rings is 2. The number of nitrogens with zero attached hydrogens (tertiary/aromatic N) is 2. The molecule has 0 radical (unpaired) electrons. The summed E-state index contributed by atoms with van der Waals surface area (Å²) < 4.78 is 8.04. The molecule has 0 saturated heterocycles. The van der Waals surface area contributed by atoms with Crippen molar-refractivity contribution in [2.75, 3.05) is 20.7 Å². The number of likely N-dealkylation sites (N-methyl/N-ethyl adjacent to an activating group) is 1. The fourth-order valence-corrected chi connectivity index (χ4v) is 4.50. The summed E-state index contributed by atoms with van der Waals surface area (Å²) in [4.78, 5) is 2.57. The van der Waals surface area contributed by atoms with Gasteiger partial charge in [0.15, 0.2) is 0 Å². The van der Waals surface area contributed by atoms with Gasteiger partial charge >= 0.3 is 0 Å². The van der Waals surface area contributed by atoms with E-state index in [1.807, 2.05) is 12.1 Å². The van der Waals surface area contributed by atoms with E-state index in [9.17, 15) is 0 Å². The second kappa shape index (κ2) is 8.18. The quantitative estimate of drug-likeness (QED) is 0.569. The number of para-hydroxylation sites is 2. The van der Waals surface area contributed by atoms with Gasteiger partial charge in [-0.05, 0) is 32.0 Å². The van der Waals surface area contributed by atoms with Crippen molar-refractivity contribution in [3.63, 3.8) is 0 Å². The summed E-state index contributed by atoms with van der Waals surface area (Å²) in [5.74, 6) is 0.928. The van der Waals surface area contributed by atoms with Gasteiger partial charge in [-0.3, -0.25) is 0 Å². The van der Waals surface area contributed by atoms with E-state index in [2.05, 4.69) is 59.1 Å². The van der Waals surface area contributed by atoms with Crippen molar-refractivity contribution in [3.8, 4) is 16.9 Å². The van der Waals surface area contributed by atoms with Crippen LogP contribution in [0.25, 0.3) is 22.0 Å². The molecule has 3 aromatic rings. The van der Waals surface area contributed by atoms with Crippen LogP contribution in [-0.4, -0.2) is 36.2 Å². The minimum absolute atomic E-state index is 0.759. The lowest BCUT2D eigenvalue weighted by Crippen LogP contribution is -2.35. The average Bonchev–Trinajstić information content (AvgIpc) is 3.16. The van der Waals surface area contributed by atoms with Gasteiger partial charge in [0.05, 0.1) is 12.6 Å². The summed E-state index contributed by atoms with van der Waals surface area (Å²) >= 11 is 0. The molecule has 3 heteroatoms. The molecule has 3 nitrogen and oxygen atoms in total. The highest BCUT2D eigenvalue weighted by Crippen LogP contribution is 2.35. The molecule has 0 amide bonds. The third-order valence-corrected chi connectivity index (χ3v) is 6.08. The molecule has 1 aliphatic carbocycles. The van der Waals surface area contributed by atoms with Crippen LogP contribution in [0.5, 0.6) is 5.75 Å². The highest BCUT2D eigenvalue weighted by atomic mass is 16.5. The zero-order valence-electron chi connectivity index (χ0n) is 16.5. The highest BCUT2D eigenvalue weighted by molar-refractivity contribution is 5.96. The number of rotatable bonds is 6. The molecule has 142 valence electrons. The first kappa shape index (κ1) is 18.1. The zero-order chi connectivity index (χ0) is 18.6. The van der Waals surface area contributed by atoms with Gasteiger partial charge in [0, 0.05) is 41.8 Å². The Morgan fingerprint density at radius 3 is 2.56 bits per heavy atom. The Balaban J connectivity index is 1.62. The van der Waals surface area contributed by atoms with E-state index in [1.165, 1.54) is 48.6 Å². The lowest BCUT2D eigenvalue weighted by atomic mass is 9.94. The van der Waals surface area contributed by atoms with Crippen LogP contribution in [0.1, 0.15) is 32.1 Å². The molecule has 4 rings (SSSR count). The van der Waals surface area contributed by atoms with Crippen LogP contribution >= 0.6 is 0 Å². The summed E-state index contributed by atoms with van der Waals surface area (Å²) in [6.45, 7) is 2.11. The van der Waals surface area contributed by atoms with Crippen LogP contribution in [0.15, 0.2) is 54.7 Å². The van der Waals surface area contributed by atoms with E-state index in [4.69, 9.17) is 4.74 Å². The molecular weight excluding hydrogens is 332 g/mol. The van der Waals surface area contributed by atoms with Crippen molar-refractivity contribution in [1.29, 1.82) is 0 Å². The van der Waals surface area contributed by atoms with Crippen LogP contribution in [0.4, 0.5) is 0 Å². The first-order valence-electron chi connectivity index (χ1n) is 10.2. The molecule has 1 heterocycles. The maximum Gasteiger partial charge on any atom is 0.126 e. The van der Waals surface area contributed by atoms with Crippen LogP contribution in [0, 0.1) is 0 Å². The third kappa shape index (κ3) is 3.74. The van der Waals surface area contributed by atoms with Gasteiger partial charge in [-0.2, -0.15) is 0 Å². The van der Waals surface area contributed by atoms with Crippen LogP contribution in [0.2, 0.25) is 0 Å². The summed E-state index contributed by atoms with van der Waals surface area (Å²) in [7, 11) is 4.04. The predicted octanol–water partition coefficient (Wildman–Crippen LogP) is 5.58. The first-order chi connectivity index (χ1) is 13.3. The lowest BCUT2D eigenvalue weighted by molar-refractivity contribution is 0.186. The Kier molecular flexibility index (Phi) is 5.49. The van der Waals surface area contributed by atoms with Crippen LogP contribution in [0.3, 0.4) is 0 Å². The normalized spacial score (nSPS) is 15.5. The number of aromatic nitrogens is 1. The van der Waals surface area contributed by atoms with E-state index in [0.717, 1.165) is 30.4 Å². The Labute approximate surface area is 162 Å². The van der Waals surface area contributed by atoms with Crippen molar-refractivity contribution in [2.24, 2.45) is 0 Å². The van der Waals surface area contributed by atoms with Crippen LogP contribution in [-0.2, 0) is 6.54 Å². The fraction of sp³-hybridized carbons (Fsp3) is 0.417. The van der Waals surface area contributed by atoms with Crippen molar-refractivity contribution < 1.29 is 4.74 Å². The number of methoxy groups -OCH3 is 1. The molecule has 0 atom stereocenters. The number of ether oxygens (including phenoxy) is 1. The maximum absolute atomic E-state index is 5.63. The SMILES string of the molecule is COc1ccccc1-c1cccc2ccn(CCN(C)C3CCCCC3)c12. The monoisotopic (exact) mass is 362 g/mol. The van der Waals surface area contributed by atoms with E-state index in [0.29, 0.717) is 0 Å². The molecular formula is C24H30N2O. The Morgan fingerprint density at radius 1 is 0.963 bits per heavy atom. The van der Waals surface area contributed by atoms with Gasteiger partial charge in [-0.1, -0.05) is 55.7 Å². The Morgan fingerprint density at radius 2 is 1.74 bits per heavy atom. The predicted molar refractivity (Wildman–Crippen MR) is 113 cm³/mol. The lowest BCUT2D eigenvalue weighted by Gasteiger charge is -2.31. The molecule has 1 saturated carbocycles. The molecule has 0 aliphatic heterocycles. The van der Waals surface area contributed by atoms with Gasteiger partial charge in [-0.15, -0.1) is 0 Å². The number of hydrogen-bond donors (Lipinski definition) is 0. The standard InChI is InChI=1S/C24H30N2O/c1-25(20-10-4-3-5-11-20)17-18-26-16-15-19-9-8-13-22(24(19)26)21-12-6-7-14-23(21)27-2/h6-9,12-16,20H,3-5,10-11,17-18H2,1-2H3. The average molecular weight is 363 g/mol. The second-order valence-electron chi connectivity index (χ2n) is 7.73. The van der Waals surface area contributed by atoms with Crippen molar-refractivity contribution in [3.05, 3.63) is 54.7 Å². The van der Waals surface area contributed by atoms with Crippen LogP contribution < -0.4 is 4.74 Å². The largest absolute Gasteiger partial charge is 0.496 e. The third-order valence-electron chi connectivity index (χ3n) is 6.08. The number of fused-ring (bicyclic) bond motifs is 1. The maximum atomic E-state index is 5.63. The Bertz CT molecular complexity index is 892. The second-order valence-corrected chi connectivity index (χ2v) is 7.73. The zero-order valence-corrected chi connectivity index (χ0v) is 16.5. The molecule has 1 fully saturated rings. The van der Waals surface area contributed by atoms with E-state index >= 15 is 0 Å².